The van der Waals surface area contributed by atoms with Crippen LogP contribution in [0.25, 0.3) is 0 Å². The van der Waals surface area contributed by atoms with E-state index in [1.165, 1.54) is 49.5 Å². The summed E-state index contributed by atoms with van der Waals surface area (Å²) >= 11 is 6.27. The summed E-state index contributed by atoms with van der Waals surface area (Å²) in [4.78, 5) is 13.0. The van der Waals surface area contributed by atoms with Gasteiger partial charge in [0.15, 0.2) is 0 Å². The molecule has 1 fully saturated rings. The second kappa shape index (κ2) is 8.92. The standard InChI is InChI=1S/C24H22ClFN2O3S/c1-28(19-11-9-18(26)10-12-19)32(30,31)20-13-14-22(25)21(15-20)24(29)27-23(17-7-8-17)16-5-3-2-4-6-16/h2-6,9-15,17,23H,7-8H2,1H3,(H,27,29). The van der Waals surface area contributed by atoms with E-state index in [1.807, 2.05) is 30.3 Å². The molecule has 0 heterocycles. The maximum atomic E-state index is 13.2. The SMILES string of the molecule is CN(c1ccc(F)cc1)S(=O)(=O)c1ccc(Cl)c(C(=O)NC(c2ccccc2)C2CC2)c1. The van der Waals surface area contributed by atoms with Gasteiger partial charge in [0.2, 0.25) is 0 Å². The number of halogens is 2. The van der Waals surface area contributed by atoms with Crippen LogP contribution in [-0.4, -0.2) is 21.4 Å². The van der Waals surface area contributed by atoms with E-state index in [1.54, 1.807) is 0 Å². The predicted octanol–water partition coefficient (Wildman–Crippen LogP) is 5.19. The summed E-state index contributed by atoms with van der Waals surface area (Å²) in [5.41, 5.74) is 1.38. The average Bonchev–Trinajstić information content (AvgIpc) is 3.63. The van der Waals surface area contributed by atoms with Crippen LogP contribution in [0.3, 0.4) is 0 Å². The van der Waals surface area contributed by atoms with Gasteiger partial charge in [0.05, 0.1) is 27.2 Å². The molecule has 1 amide bonds. The zero-order valence-electron chi connectivity index (χ0n) is 17.3. The van der Waals surface area contributed by atoms with Crippen LogP contribution < -0.4 is 9.62 Å². The monoisotopic (exact) mass is 472 g/mol. The summed E-state index contributed by atoms with van der Waals surface area (Å²) in [6.07, 6.45) is 2.04. The molecule has 0 radical (unpaired) electrons. The van der Waals surface area contributed by atoms with E-state index in [4.69, 9.17) is 11.6 Å². The molecule has 8 heteroatoms. The molecule has 0 bridgehead atoms. The Morgan fingerprint density at radius 2 is 1.72 bits per heavy atom. The molecule has 1 saturated carbocycles. The van der Waals surface area contributed by atoms with E-state index in [9.17, 15) is 17.6 Å². The van der Waals surface area contributed by atoms with Crippen molar-refractivity contribution in [1.29, 1.82) is 0 Å². The zero-order valence-corrected chi connectivity index (χ0v) is 18.9. The lowest BCUT2D eigenvalue weighted by atomic mass is 10.0. The lowest BCUT2D eigenvalue weighted by Crippen LogP contribution is -2.31. The lowest BCUT2D eigenvalue weighted by Gasteiger charge is -2.21. The fourth-order valence-corrected chi connectivity index (χ4v) is 4.99. The summed E-state index contributed by atoms with van der Waals surface area (Å²) in [6.45, 7) is 0. The first kappa shape index (κ1) is 22.3. The smallest absolute Gasteiger partial charge is 0.264 e. The van der Waals surface area contributed by atoms with Crippen molar-refractivity contribution in [3.05, 3.63) is 94.8 Å². The van der Waals surface area contributed by atoms with E-state index >= 15 is 0 Å². The molecule has 3 aromatic rings. The summed E-state index contributed by atoms with van der Waals surface area (Å²) < 4.78 is 40.5. The first-order chi connectivity index (χ1) is 15.3. The van der Waals surface area contributed by atoms with E-state index in [0.717, 1.165) is 22.7 Å². The Labute approximate surface area is 191 Å². The highest BCUT2D eigenvalue weighted by atomic mass is 35.5. The molecule has 0 spiro atoms. The number of nitrogens with one attached hydrogen (secondary N) is 1. The Balaban J connectivity index is 1.62. The third-order valence-electron chi connectivity index (χ3n) is 5.57. The molecule has 1 aliphatic rings. The van der Waals surface area contributed by atoms with Gasteiger partial charge in [-0.3, -0.25) is 9.10 Å². The Hall–Kier alpha value is -2.90. The minimum Gasteiger partial charge on any atom is -0.345 e. The van der Waals surface area contributed by atoms with Crippen LogP contribution in [0.4, 0.5) is 10.1 Å². The van der Waals surface area contributed by atoms with Crippen LogP contribution in [0.2, 0.25) is 5.02 Å². The first-order valence-corrected chi connectivity index (χ1v) is 12.0. The third-order valence-corrected chi connectivity index (χ3v) is 7.68. The maximum absolute atomic E-state index is 13.2. The molecule has 0 saturated heterocycles. The van der Waals surface area contributed by atoms with Gasteiger partial charge < -0.3 is 5.32 Å². The number of amides is 1. The molecule has 1 aliphatic carbocycles. The Bertz CT molecular complexity index is 1230. The maximum Gasteiger partial charge on any atom is 0.264 e. The number of hydrogen-bond acceptors (Lipinski definition) is 3. The van der Waals surface area contributed by atoms with Crippen molar-refractivity contribution in [1.82, 2.24) is 5.32 Å². The normalized spacial score (nSPS) is 14.6. The van der Waals surface area contributed by atoms with Crippen LogP contribution in [0.15, 0.2) is 77.7 Å². The predicted molar refractivity (Wildman–Crippen MR) is 123 cm³/mol. The molecule has 0 aliphatic heterocycles. The molecule has 32 heavy (non-hydrogen) atoms. The van der Waals surface area contributed by atoms with E-state index in [2.05, 4.69) is 5.32 Å². The van der Waals surface area contributed by atoms with Gasteiger partial charge in [-0.25, -0.2) is 12.8 Å². The minimum atomic E-state index is -3.99. The van der Waals surface area contributed by atoms with Crippen molar-refractivity contribution in [3.63, 3.8) is 0 Å². The molecule has 1 N–H and O–H groups in total. The minimum absolute atomic E-state index is 0.0819. The highest BCUT2D eigenvalue weighted by Gasteiger charge is 2.34. The molecular formula is C24H22ClFN2O3S. The largest absolute Gasteiger partial charge is 0.345 e. The van der Waals surface area contributed by atoms with Crippen molar-refractivity contribution in [2.75, 3.05) is 11.4 Å². The number of nitrogens with zero attached hydrogens (tertiary/aromatic N) is 1. The Kier molecular flexibility index (Phi) is 6.22. The van der Waals surface area contributed by atoms with E-state index in [0.29, 0.717) is 11.6 Å². The molecule has 1 atom stereocenters. The molecule has 4 rings (SSSR count). The van der Waals surface area contributed by atoms with Gasteiger partial charge >= 0.3 is 0 Å². The van der Waals surface area contributed by atoms with E-state index in [-0.39, 0.29) is 21.5 Å². The quantitative estimate of drug-likeness (QED) is 0.515. The number of rotatable bonds is 7. The van der Waals surface area contributed by atoms with Crippen LogP contribution in [0.1, 0.15) is 34.8 Å². The molecular weight excluding hydrogens is 451 g/mol. The van der Waals surface area contributed by atoms with Gasteiger partial charge in [-0.2, -0.15) is 0 Å². The van der Waals surface area contributed by atoms with Crippen molar-refractivity contribution in [2.45, 2.75) is 23.8 Å². The number of carbonyl (C=O) groups is 1. The van der Waals surface area contributed by atoms with Crippen LogP contribution in [0, 0.1) is 11.7 Å². The second-order valence-corrected chi connectivity index (χ2v) is 10.2. The third kappa shape index (κ3) is 4.64. The van der Waals surface area contributed by atoms with Gasteiger partial charge in [0.25, 0.3) is 15.9 Å². The number of hydrogen-bond donors (Lipinski definition) is 1. The second-order valence-electron chi connectivity index (χ2n) is 7.79. The van der Waals surface area contributed by atoms with Crippen LogP contribution >= 0.6 is 11.6 Å². The van der Waals surface area contributed by atoms with Gasteiger partial charge in [-0.15, -0.1) is 0 Å². The van der Waals surface area contributed by atoms with Crippen molar-refractivity contribution in [3.8, 4) is 0 Å². The van der Waals surface area contributed by atoms with Crippen LogP contribution in [0.5, 0.6) is 0 Å². The molecule has 5 nitrogen and oxygen atoms in total. The summed E-state index contributed by atoms with van der Waals surface area (Å²) in [5, 5.41) is 3.19. The highest BCUT2D eigenvalue weighted by molar-refractivity contribution is 7.92. The molecule has 166 valence electrons. The van der Waals surface area contributed by atoms with Crippen molar-refractivity contribution >= 4 is 33.2 Å². The molecule has 1 unspecified atom stereocenters. The summed E-state index contributed by atoms with van der Waals surface area (Å²) in [6, 6.07) is 18.7. The zero-order chi connectivity index (χ0) is 22.9. The van der Waals surface area contributed by atoms with Crippen molar-refractivity contribution in [2.24, 2.45) is 5.92 Å². The van der Waals surface area contributed by atoms with E-state index < -0.39 is 21.7 Å². The topological polar surface area (TPSA) is 66.5 Å². The number of carbonyl (C=O) groups excluding carboxylic acids is 1. The summed E-state index contributed by atoms with van der Waals surface area (Å²) in [5.74, 6) is -0.553. The van der Waals surface area contributed by atoms with Gasteiger partial charge in [0.1, 0.15) is 5.82 Å². The van der Waals surface area contributed by atoms with Crippen LogP contribution in [-0.2, 0) is 10.0 Å². The fraction of sp³-hybridized carbons (Fsp3) is 0.208. The molecule has 0 aromatic heterocycles. The number of sulfonamides is 1. The van der Waals surface area contributed by atoms with Gasteiger partial charge in [-0.1, -0.05) is 41.9 Å². The summed E-state index contributed by atoms with van der Waals surface area (Å²) in [7, 11) is -2.62. The Morgan fingerprint density at radius 3 is 2.34 bits per heavy atom. The first-order valence-electron chi connectivity index (χ1n) is 10.2. The van der Waals surface area contributed by atoms with Gasteiger partial charge in [0, 0.05) is 7.05 Å². The Morgan fingerprint density at radius 1 is 1.06 bits per heavy atom. The lowest BCUT2D eigenvalue weighted by molar-refractivity contribution is 0.0931. The van der Waals surface area contributed by atoms with Gasteiger partial charge in [-0.05, 0) is 66.8 Å². The average molecular weight is 473 g/mol. The number of benzene rings is 3. The highest BCUT2D eigenvalue weighted by Crippen LogP contribution is 2.41. The molecule has 3 aromatic carbocycles. The fourth-order valence-electron chi connectivity index (χ4n) is 3.57. The van der Waals surface area contributed by atoms with Crippen molar-refractivity contribution < 1.29 is 17.6 Å². The number of anilines is 1.